The van der Waals surface area contributed by atoms with Crippen LogP contribution in [0.15, 0.2) is 170 Å². The number of para-hydroxylation sites is 4. The summed E-state index contributed by atoms with van der Waals surface area (Å²) < 4.78 is 28.7. The van der Waals surface area contributed by atoms with Crippen LogP contribution in [0, 0.1) is 27.7 Å². The van der Waals surface area contributed by atoms with Gasteiger partial charge in [-0.2, -0.15) is 0 Å². The molecule has 0 fully saturated rings. The summed E-state index contributed by atoms with van der Waals surface area (Å²) in [4.78, 5) is 105. The molecule has 0 saturated carbocycles. The Hall–Kier alpha value is -11.0. The number of carbonyl (C=O) groups is 6. The van der Waals surface area contributed by atoms with Crippen LogP contribution >= 0.6 is 0 Å². The minimum absolute atomic E-state index is 0.0324. The second-order valence-electron chi connectivity index (χ2n) is 21.7. The summed E-state index contributed by atoms with van der Waals surface area (Å²) in [6.07, 6.45) is 6.18. The molecule has 9 aromatic carbocycles. The Kier molecular flexibility index (Phi) is 13.3. The first-order valence-corrected chi connectivity index (χ1v) is 27.9. The number of benzene rings is 9. The highest BCUT2D eigenvalue weighted by atomic mass is 16.5. The summed E-state index contributed by atoms with van der Waals surface area (Å²) in [7, 11) is 3.13. The maximum Gasteiger partial charge on any atom is 0.262 e. The molecule has 2 aromatic heterocycles. The smallest absolute Gasteiger partial charge is 0.262 e. The molecule has 11 aromatic rings. The van der Waals surface area contributed by atoms with Gasteiger partial charge in [0.1, 0.15) is 58.1 Å². The molecule has 2 atom stereocenters. The number of nitrogens with zero attached hydrogens (tertiary/aromatic N) is 6. The lowest BCUT2D eigenvalue weighted by molar-refractivity contribution is -0.122. The second kappa shape index (κ2) is 21.0. The summed E-state index contributed by atoms with van der Waals surface area (Å²) in [6.45, 7) is 10.6. The highest BCUT2D eigenvalue weighted by Gasteiger charge is 2.46. The Bertz CT molecular complexity index is 4180. The molecule has 0 saturated heterocycles. The molecule has 16 heteroatoms. The molecule has 0 aliphatic carbocycles. The van der Waals surface area contributed by atoms with E-state index in [0.29, 0.717) is 66.7 Å². The molecular formula is C70H54N6O10. The summed E-state index contributed by atoms with van der Waals surface area (Å²) in [5.41, 5.74) is 4.07. The lowest BCUT2D eigenvalue weighted by Crippen LogP contribution is -2.52. The third kappa shape index (κ3) is 8.66. The maximum absolute atomic E-state index is 15.8. The van der Waals surface area contributed by atoms with Gasteiger partial charge in [0.25, 0.3) is 23.6 Å². The molecule has 86 heavy (non-hydrogen) atoms. The lowest BCUT2D eigenvalue weighted by Gasteiger charge is -2.35. The van der Waals surface area contributed by atoms with Gasteiger partial charge < -0.3 is 28.7 Å². The van der Waals surface area contributed by atoms with E-state index in [0.717, 1.165) is 32.1 Å². The van der Waals surface area contributed by atoms with Crippen molar-refractivity contribution < 1.29 is 47.7 Å². The SMILES string of the molecule is Cc1ccccc1Oc1cc2c3c(cc(Oc4ccccc4C)c4c5c(Oc6ccccc6C)cc6c7c(cc(Oc8ccccc8C)c(c1c34)c75)C(=O)N(C(C)C(=O)N(C)c1ccncc1)C6=O)C(=O)N(C(C)C(=O)N(C)c1ccncc1)C2=O. The minimum atomic E-state index is -1.34. The average Bonchev–Trinajstić information content (AvgIpc) is 0.681. The molecule has 0 bridgehead atoms. The first-order valence-electron chi connectivity index (χ1n) is 27.9. The fourth-order valence-electron chi connectivity index (χ4n) is 11.9. The van der Waals surface area contributed by atoms with E-state index in [-0.39, 0.29) is 56.0 Å². The van der Waals surface area contributed by atoms with Crippen LogP contribution in [0.25, 0.3) is 43.1 Å². The van der Waals surface area contributed by atoms with Crippen molar-refractivity contribution in [1.29, 1.82) is 0 Å². The van der Waals surface area contributed by atoms with E-state index in [1.807, 2.05) is 100 Å². The Morgan fingerprint density at radius 1 is 0.360 bits per heavy atom. The fourth-order valence-corrected chi connectivity index (χ4v) is 11.9. The van der Waals surface area contributed by atoms with Crippen LogP contribution in [-0.4, -0.2) is 81.4 Å². The van der Waals surface area contributed by atoms with Gasteiger partial charge in [-0.15, -0.1) is 0 Å². The number of ether oxygens (including phenoxy) is 4. The number of likely N-dealkylation sites (N-methyl/N-ethyl adjacent to an activating group) is 2. The molecule has 0 radical (unpaired) electrons. The van der Waals surface area contributed by atoms with E-state index in [2.05, 4.69) is 9.97 Å². The first-order chi connectivity index (χ1) is 41.5. The van der Waals surface area contributed by atoms with E-state index in [1.165, 1.54) is 23.6 Å². The number of amides is 6. The quantitative estimate of drug-likeness (QED) is 0.0572. The van der Waals surface area contributed by atoms with E-state index >= 15 is 19.2 Å². The third-order valence-corrected chi connectivity index (χ3v) is 16.5. The predicted octanol–water partition coefficient (Wildman–Crippen LogP) is 14.2. The van der Waals surface area contributed by atoms with E-state index in [9.17, 15) is 9.59 Å². The first kappa shape index (κ1) is 54.3. The van der Waals surface area contributed by atoms with Gasteiger partial charge in [0.05, 0.1) is 22.3 Å². The summed E-state index contributed by atoms with van der Waals surface area (Å²) in [5.74, 6) is -2.06. The van der Waals surface area contributed by atoms with Crippen LogP contribution in [-0.2, 0) is 9.59 Å². The largest absolute Gasteiger partial charge is 0.456 e. The number of aryl methyl sites for hydroxylation is 4. The number of pyridine rings is 2. The molecule has 2 aliphatic rings. The number of aromatic nitrogens is 2. The molecule has 16 nitrogen and oxygen atoms in total. The van der Waals surface area contributed by atoms with Crippen LogP contribution in [0.2, 0.25) is 0 Å². The molecular weight excluding hydrogens is 1080 g/mol. The molecule has 6 amide bonds. The van der Waals surface area contributed by atoms with Gasteiger partial charge in [-0.05, 0) is 137 Å². The van der Waals surface area contributed by atoms with Crippen molar-refractivity contribution in [2.75, 3.05) is 23.9 Å². The second-order valence-corrected chi connectivity index (χ2v) is 21.7. The fraction of sp³-hybridized carbons (Fsp3) is 0.143. The van der Waals surface area contributed by atoms with Gasteiger partial charge >= 0.3 is 0 Å². The number of imide groups is 2. The molecule has 2 unspecified atom stereocenters. The van der Waals surface area contributed by atoms with Crippen molar-refractivity contribution in [3.8, 4) is 46.0 Å². The van der Waals surface area contributed by atoms with Crippen LogP contribution in [0.4, 0.5) is 11.4 Å². The van der Waals surface area contributed by atoms with Gasteiger partial charge in [0, 0.05) is 93.3 Å². The van der Waals surface area contributed by atoms with Crippen molar-refractivity contribution in [3.63, 3.8) is 0 Å². The van der Waals surface area contributed by atoms with E-state index < -0.39 is 47.5 Å². The van der Waals surface area contributed by atoms with Crippen LogP contribution in [0.3, 0.4) is 0 Å². The number of anilines is 2. The number of rotatable bonds is 14. The van der Waals surface area contributed by atoms with Gasteiger partial charge in [0.2, 0.25) is 11.8 Å². The van der Waals surface area contributed by atoms with Gasteiger partial charge in [-0.3, -0.25) is 48.5 Å². The molecule has 0 spiro atoms. The Labute approximate surface area is 493 Å². The molecule has 13 rings (SSSR count). The van der Waals surface area contributed by atoms with Crippen molar-refractivity contribution in [3.05, 3.63) is 215 Å². The normalized spacial score (nSPS) is 13.6. The monoisotopic (exact) mass is 1140 g/mol. The standard InChI is InChI=1S/C70H54N6O10/c1-37-17-9-13-21-49(37)83-53-33-45-57-46(68(80)75(67(45)79)41(5)65(77)73(7)43-25-29-71-30-26-43)35-55(85-51-23-15-11-19-39(51)3)61-62-56(86-52-24-16-12-20-40(52)4)36-48-58-47(69(81)76(70(48)82)42(6)66(78)74(8)44-27-31-72-32-28-44)34-54(60(64(58)62)59(53)63(57)61)84-50-22-14-10-18-38(50)2/h9-36,41-42H,1-8H3. The number of carbonyl (C=O) groups excluding carboxylic acids is 6. The van der Waals surface area contributed by atoms with Crippen molar-refractivity contribution in [1.82, 2.24) is 19.8 Å². The van der Waals surface area contributed by atoms with Crippen molar-refractivity contribution in [2.45, 2.75) is 53.6 Å². The predicted molar refractivity (Wildman–Crippen MR) is 328 cm³/mol. The summed E-state index contributed by atoms with van der Waals surface area (Å²) in [5, 5.41) is 2.33. The zero-order valence-electron chi connectivity index (χ0n) is 48.1. The zero-order chi connectivity index (χ0) is 60.0. The van der Waals surface area contributed by atoms with Crippen LogP contribution < -0.4 is 28.7 Å². The van der Waals surface area contributed by atoms with Crippen molar-refractivity contribution >= 4 is 89.9 Å². The van der Waals surface area contributed by atoms with Crippen LogP contribution in [0.5, 0.6) is 46.0 Å². The van der Waals surface area contributed by atoms with Crippen molar-refractivity contribution in [2.24, 2.45) is 0 Å². The van der Waals surface area contributed by atoms with E-state index in [1.54, 1.807) is 112 Å². The summed E-state index contributed by atoms with van der Waals surface area (Å²) in [6, 6.07) is 39.7. The molecule has 4 heterocycles. The zero-order valence-corrected chi connectivity index (χ0v) is 48.1. The average molecular weight is 1140 g/mol. The molecule has 2 aliphatic heterocycles. The summed E-state index contributed by atoms with van der Waals surface area (Å²) >= 11 is 0. The third-order valence-electron chi connectivity index (χ3n) is 16.5. The number of hydrogen-bond donors (Lipinski definition) is 0. The van der Waals surface area contributed by atoms with Gasteiger partial charge in [-0.25, -0.2) is 0 Å². The van der Waals surface area contributed by atoms with Gasteiger partial charge in [-0.1, -0.05) is 72.8 Å². The van der Waals surface area contributed by atoms with E-state index in [4.69, 9.17) is 18.9 Å². The van der Waals surface area contributed by atoms with Gasteiger partial charge in [0.15, 0.2) is 0 Å². The Balaban J connectivity index is 1.20. The number of hydrogen-bond acceptors (Lipinski definition) is 12. The topological polar surface area (TPSA) is 178 Å². The minimum Gasteiger partial charge on any atom is -0.456 e. The lowest BCUT2D eigenvalue weighted by atomic mass is 9.80. The highest BCUT2D eigenvalue weighted by molar-refractivity contribution is 6.45. The van der Waals surface area contributed by atoms with Crippen LogP contribution in [0.1, 0.15) is 77.5 Å². The Morgan fingerprint density at radius 2 is 0.605 bits per heavy atom. The number of fused-ring (bicyclic) bond motifs is 2. The Morgan fingerprint density at radius 3 is 0.849 bits per heavy atom. The molecule has 0 N–H and O–H groups in total. The highest BCUT2D eigenvalue weighted by Crippen LogP contribution is 2.58. The maximum atomic E-state index is 15.8. The molecule has 424 valence electrons.